The number of aromatic nitrogens is 2. The number of rotatable bonds is 5. The van der Waals surface area contributed by atoms with Crippen molar-refractivity contribution in [3.63, 3.8) is 0 Å². The van der Waals surface area contributed by atoms with Gasteiger partial charge in [-0.15, -0.1) is 11.3 Å². The molecule has 0 radical (unpaired) electrons. The first kappa shape index (κ1) is 18.9. The molecule has 0 atom stereocenters. The molecule has 0 unspecified atom stereocenters. The van der Waals surface area contributed by atoms with Gasteiger partial charge in [0, 0.05) is 28.6 Å². The first-order chi connectivity index (χ1) is 13.7. The number of benzene rings is 1. The number of aryl methyl sites for hydroxylation is 2. The maximum absolute atomic E-state index is 12.4. The molecule has 0 saturated heterocycles. The second kappa shape index (κ2) is 8.28. The normalized spacial score (nSPS) is 13.2. The monoisotopic (exact) mass is 412 g/mol. The zero-order chi connectivity index (χ0) is 19.5. The van der Waals surface area contributed by atoms with E-state index in [2.05, 4.69) is 20.6 Å². The van der Waals surface area contributed by atoms with Crippen LogP contribution in [0.5, 0.6) is 0 Å². The van der Waals surface area contributed by atoms with Gasteiger partial charge in [-0.3, -0.25) is 9.59 Å². The van der Waals surface area contributed by atoms with Crippen molar-refractivity contribution in [3.8, 4) is 0 Å². The lowest BCUT2D eigenvalue weighted by atomic mass is 9.97. The Morgan fingerprint density at radius 1 is 1.14 bits per heavy atom. The van der Waals surface area contributed by atoms with Gasteiger partial charge in [0.2, 0.25) is 5.91 Å². The molecule has 2 heterocycles. The first-order valence-corrected chi connectivity index (χ1v) is 11.0. The molecule has 2 amide bonds. The van der Waals surface area contributed by atoms with E-state index in [0.29, 0.717) is 11.3 Å². The smallest absolute Gasteiger partial charge is 0.251 e. The van der Waals surface area contributed by atoms with Crippen LogP contribution in [0.25, 0.3) is 10.2 Å². The Hall–Kier alpha value is -2.45. The van der Waals surface area contributed by atoms with Gasteiger partial charge in [-0.1, -0.05) is 11.8 Å². The Labute approximate surface area is 171 Å². The summed E-state index contributed by atoms with van der Waals surface area (Å²) >= 11 is 3.20. The molecule has 2 aromatic heterocycles. The predicted octanol–water partition coefficient (Wildman–Crippen LogP) is 3.66. The lowest BCUT2D eigenvalue weighted by molar-refractivity contribution is -0.113. The summed E-state index contributed by atoms with van der Waals surface area (Å²) < 4.78 is 0. The molecule has 144 valence electrons. The Morgan fingerprint density at radius 2 is 1.93 bits per heavy atom. The lowest BCUT2D eigenvalue weighted by Gasteiger charge is -2.11. The van der Waals surface area contributed by atoms with Crippen LogP contribution in [0.2, 0.25) is 0 Å². The average molecular weight is 413 g/mol. The number of nitrogens with one attached hydrogen (secondary N) is 2. The molecule has 0 saturated carbocycles. The molecule has 2 N–H and O–H groups in total. The molecular formula is C20H20N4O2S2. The van der Waals surface area contributed by atoms with Gasteiger partial charge >= 0.3 is 0 Å². The minimum Gasteiger partial charge on any atom is -0.355 e. The quantitative estimate of drug-likeness (QED) is 0.494. The number of carbonyl (C=O) groups is 2. The van der Waals surface area contributed by atoms with Crippen molar-refractivity contribution in [2.24, 2.45) is 0 Å². The van der Waals surface area contributed by atoms with Crippen molar-refractivity contribution >= 4 is 50.8 Å². The standard InChI is InChI=1S/C20H20N4O2S2/c1-21-18(26)12-6-8-13(9-7-12)24-16(25)10-27-19-17-14-4-2-3-5-15(14)28-20(17)23-11-22-19/h6-9,11H,2-5,10H2,1H3,(H,21,26)(H,24,25). The summed E-state index contributed by atoms with van der Waals surface area (Å²) in [6, 6.07) is 6.83. The summed E-state index contributed by atoms with van der Waals surface area (Å²) in [6.45, 7) is 0. The minimum atomic E-state index is -0.152. The highest BCUT2D eigenvalue weighted by atomic mass is 32.2. The van der Waals surface area contributed by atoms with E-state index in [4.69, 9.17) is 0 Å². The SMILES string of the molecule is CNC(=O)c1ccc(NC(=O)CSc2ncnc3sc4c(c23)CCCC4)cc1. The summed E-state index contributed by atoms with van der Waals surface area (Å²) in [5.74, 6) is 0.0161. The molecule has 3 aromatic rings. The minimum absolute atomic E-state index is 0.103. The van der Waals surface area contributed by atoms with E-state index >= 15 is 0 Å². The summed E-state index contributed by atoms with van der Waals surface area (Å²) in [5.41, 5.74) is 2.60. The maximum atomic E-state index is 12.4. The van der Waals surface area contributed by atoms with Crippen LogP contribution >= 0.6 is 23.1 Å². The van der Waals surface area contributed by atoms with Gasteiger partial charge in [0.1, 0.15) is 16.2 Å². The van der Waals surface area contributed by atoms with Crippen molar-refractivity contribution in [3.05, 3.63) is 46.6 Å². The first-order valence-electron chi connectivity index (χ1n) is 9.15. The van der Waals surface area contributed by atoms with Crippen molar-refractivity contribution < 1.29 is 9.59 Å². The zero-order valence-corrected chi connectivity index (χ0v) is 17.1. The third-order valence-corrected chi connectivity index (χ3v) is 6.90. The predicted molar refractivity (Wildman–Crippen MR) is 113 cm³/mol. The molecule has 6 nitrogen and oxygen atoms in total. The van der Waals surface area contributed by atoms with Gasteiger partial charge in [0.05, 0.1) is 5.75 Å². The molecule has 0 fully saturated rings. The van der Waals surface area contributed by atoms with E-state index in [1.165, 1.54) is 35.0 Å². The summed E-state index contributed by atoms with van der Waals surface area (Å²) in [7, 11) is 1.59. The van der Waals surface area contributed by atoms with Crippen LogP contribution in [-0.4, -0.2) is 34.6 Å². The Balaban J connectivity index is 1.44. The number of anilines is 1. The number of fused-ring (bicyclic) bond motifs is 3. The second-order valence-electron chi connectivity index (χ2n) is 6.56. The molecule has 0 spiro atoms. The van der Waals surface area contributed by atoms with Crippen LogP contribution in [0.1, 0.15) is 33.6 Å². The summed E-state index contributed by atoms with van der Waals surface area (Å²) in [5, 5.41) is 7.46. The number of carbonyl (C=O) groups excluding carboxylic acids is 2. The molecule has 0 bridgehead atoms. The third-order valence-electron chi connectivity index (χ3n) is 4.71. The second-order valence-corrected chi connectivity index (χ2v) is 8.61. The number of amides is 2. The van der Waals surface area contributed by atoms with Gasteiger partial charge in [-0.25, -0.2) is 9.97 Å². The number of hydrogen-bond acceptors (Lipinski definition) is 6. The van der Waals surface area contributed by atoms with E-state index in [1.807, 2.05) is 0 Å². The van der Waals surface area contributed by atoms with E-state index in [1.54, 1.807) is 49.0 Å². The average Bonchev–Trinajstić information content (AvgIpc) is 3.11. The Morgan fingerprint density at radius 3 is 2.71 bits per heavy atom. The van der Waals surface area contributed by atoms with E-state index < -0.39 is 0 Å². The van der Waals surface area contributed by atoms with Crippen LogP contribution in [0.3, 0.4) is 0 Å². The molecule has 0 aliphatic heterocycles. The highest BCUT2D eigenvalue weighted by Gasteiger charge is 2.20. The van der Waals surface area contributed by atoms with E-state index in [-0.39, 0.29) is 17.6 Å². The molecule has 1 aliphatic rings. The molecule has 1 aromatic carbocycles. The number of thiophene rings is 1. The van der Waals surface area contributed by atoms with Crippen molar-refractivity contribution in [1.82, 2.24) is 15.3 Å². The van der Waals surface area contributed by atoms with Crippen molar-refractivity contribution in [2.45, 2.75) is 30.7 Å². The molecule has 28 heavy (non-hydrogen) atoms. The van der Waals surface area contributed by atoms with Crippen LogP contribution in [0.4, 0.5) is 5.69 Å². The zero-order valence-electron chi connectivity index (χ0n) is 15.4. The number of thioether (sulfide) groups is 1. The van der Waals surface area contributed by atoms with E-state index in [9.17, 15) is 9.59 Å². The topological polar surface area (TPSA) is 84.0 Å². The lowest BCUT2D eigenvalue weighted by Crippen LogP contribution is -2.18. The molecular weight excluding hydrogens is 392 g/mol. The largest absolute Gasteiger partial charge is 0.355 e. The number of hydrogen-bond donors (Lipinski definition) is 2. The summed E-state index contributed by atoms with van der Waals surface area (Å²) in [4.78, 5) is 35.3. The Bertz CT molecular complexity index is 1030. The van der Waals surface area contributed by atoms with Crippen LogP contribution in [0.15, 0.2) is 35.6 Å². The fourth-order valence-electron chi connectivity index (χ4n) is 3.35. The number of nitrogens with zero attached hydrogens (tertiary/aromatic N) is 2. The van der Waals surface area contributed by atoms with Gasteiger partial charge < -0.3 is 10.6 Å². The highest BCUT2D eigenvalue weighted by Crippen LogP contribution is 2.39. The van der Waals surface area contributed by atoms with Gasteiger partial charge in [-0.05, 0) is 55.5 Å². The van der Waals surface area contributed by atoms with Gasteiger partial charge in [0.15, 0.2) is 0 Å². The van der Waals surface area contributed by atoms with Crippen molar-refractivity contribution in [1.29, 1.82) is 0 Å². The molecule has 1 aliphatic carbocycles. The molecule has 8 heteroatoms. The van der Waals surface area contributed by atoms with E-state index in [0.717, 1.165) is 28.1 Å². The highest BCUT2D eigenvalue weighted by molar-refractivity contribution is 8.00. The summed E-state index contributed by atoms with van der Waals surface area (Å²) in [6.07, 6.45) is 6.20. The fourth-order valence-corrected chi connectivity index (χ4v) is 5.47. The van der Waals surface area contributed by atoms with Crippen LogP contribution in [0, 0.1) is 0 Å². The van der Waals surface area contributed by atoms with Gasteiger partial charge in [-0.2, -0.15) is 0 Å². The van der Waals surface area contributed by atoms with Crippen LogP contribution < -0.4 is 10.6 Å². The molecule has 4 rings (SSSR count). The van der Waals surface area contributed by atoms with Crippen molar-refractivity contribution in [2.75, 3.05) is 18.1 Å². The fraction of sp³-hybridized carbons (Fsp3) is 0.300. The Kier molecular flexibility index (Phi) is 5.59. The van der Waals surface area contributed by atoms with Gasteiger partial charge in [0.25, 0.3) is 5.91 Å². The maximum Gasteiger partial charge on any atom is 0.251 e. The third kappa shape index (κ3) is 3.88. The van der Waals surface area contributed by atoms with Crippen LogP contribution in [-0.2, 0) is 17.6 Å².